The molecule has 2 heterocycles. The first kappa shape index (κ1) is 18.3. The number of nitrogens with one attached hydrogen (secondary N) is 2. The Morgan fingerprint density at radius 1 is 1.12 bits per heavy atom. The van der Waals surface area contributed by atoms with Crippen molar-refractivity contribution in [1.29, 1.82) is 0 Å². The second-order valence-corrected chi connectivity index (χ2v) is 6.50. The highest BCUT2D eigenvalue weighted by Gasteiger charge is 2.11. The maximum Gasteiger partial charge on any atom is 0.275 e. The minimum atomic E-state index is -0.262. The Kier molecular flexibility index (Phi) is 6.14. The fraction of sp³-hybridized carbons (Fsp3) is 0.421. The maximum atomic E-state index is 12.3. The van der Waals surface area contributed by atoms with Gasteiger partial charge in [-0.25, -0.2) is 9.97 Å². The van der Waals surface area contributed by atoms with Gasteiger partial charge in [0, 0.05) is 31.9 Å². The van der Waals surface area contributed by atoms with E-state index in [4.69, 9.17) is 4.74 Å². The number of rotatable bonds is 6. The normalized spacial score (nSPS) is 14.8. The van der Waals surface area contributed by atoms with E-state index in [1.165, 1.54) is 6.20 Å². The summed E-state index contributed by atoms with van der Waals surface area (Å²) >= 11 is 0. The Hall–Kier alpha value is -2.51. The van der Waals surface area contributed by atoms with Gasteiger partial charge in [0.1, 0.15) is 11.5 Å². The molecule has 2 N–H and O–H groups in total. The van der Waals surface area contributed by atoms with E-state index in [-0.39, 0.29) is 5.91 Å². The zero-order valence-electron chi connectivity index (χ0n) is 15.3. The van der Waals surface area contributed by atoms with Crippen LogP contribution in [0.2, 0.25) is 0 Å². The monoisotopic (exact) mass is 355 g/mol. The molecule has 1 amide bonds. The lowest BCUT2D eigenvalue weighted by Crippen LogP contribution is -2.39. The van der Waals surface area contributed by atoms with Crippen LogP contribution < -0.4 is 10.6 Å². The van der Waals surface area contributed by atoms with Crippen LogP contribution in [0.4, 0.5) is 11.5 Å². The summed E-state index contributed by atoms with van der Waals surface area (Å²) in [7, 11) is 0. The summed E-state index contributed by atoms with van der Waals surface area (Å²) in [6.45, 7) is 9.23. The Labute approximate surface area is 153 Å². The van der Waals surface area contributed by atoms with Gasteiger partial charge in [-0.05, 0) is 37.1 Å². The second kappa shape index (κ2) is 8.73. The zero-order valence-corrected chi connectivity index (χ0v) is 15.3. The largest absolute Gasteiger partial charge is 0.379 e. The van der Waals surface area contributed by atoms with Crippen molar-refractivity contribution in [2.24, 2.45) is 0 Å². The quantitative estimate of drug-likeness (QED) is 0.826. The van der Waals surface area contributed by atoms with E-state index in [9.17, 15) is 4.79 Å². The molecule has 7 nitrogen and oxygen atoms in total. The SMILES string of the molecule is Cc1cc(C)cc(NC(=O)c2cnc(NCCN3CCOCC3)cn2)c1. The highest BCUT2D eigenvalue weighted by atomic mass is 16.5. The van der Waals surface area contributed by atoms with Gasteiger partial charge in [0.25, 0.3) is 5.91 Å². The topological polar surface area (TPSA) is 79.4 Å². The molecule has 0 aliphatic carbocycles. The molecule has 7 heteroatoms. The number of carbonyl (C=O) groups is 1. The predicted molar refractivity (Wildman–Crippen MR) is 102 cm³/mol. The lowest BCUT2D eigenvalue weighted by atomic mass is 10.1. The first-order valence-electron chi connectivity index (χ1n) is 8.86. The molecule has 0 radical (unpaired) electrons. The molecule has 26 heavy (non-hydrogen) atoms. The third-order valence-corrected chi connectivity index (χ3v) is 4.20. The fourth-order valence-electron chi connectivity index (χ4n) is 2.95. The molecule has 138 valence electrons. The first-order valence-corrected chi connectivity index (χ1v) is 8.86. The lowest BCUT2D eigenvalue weighted by molar-refractivity contribution is 0.0398. The standard InChI is InChI=1S/C19H25N5O2/c1-14-9-15(2)11-16(10-14)23-19(25)17-12-22-18(13-21-17)20-3-4-24-5-7-26-8-6-24/h9-13H,3-8H2,1-2H3,(H,20,22)(H,23,25). The number of ether oxygens (including phenoxy) is 1. The first-order chi connectivity index (χ1) is 12.6. The number of hydrogen-bond donors (Lipinski definition) is 2. The number of aryl methyl sites for hydroxylation is 2. The third kappa shape index (κ3) is 5.24. The smallest absolute Gasteiger partial charge is 0.275 e. The molecule has 1 saturated heterocycles. The molecule has 1 aromatic carbocycles. The van der Waals surface area contributed by atoms with Crippen molar-refractivity contribution in [3.8, 4) is 0 Å². The van der Waals surface area contributed by atoms with Crippen molar-refractivity contribution < 1.29 is 9.53 Å². The summed E-state index contributed by atoms with van der Waals surface area (Å²) < 4.78 is 5.33. The van der Waals surface area contributed by atoms with E-state index < -0.39 is 0 Å². The Bertz CT molecular complexity index is 722. The molecule has 1 aliphatic heterocycles. The summed E-state index contributed by atoms with van der Waals surface area (Å²) in [5.41, 5.74) is 3.27. The van der Waals surface area contributed by atoms with Gasteiger partial charge in [0.05, 0.1) is 25.6 Å². The molecule has 2 aromatic rings. The van der Waals surface area contributed by atoms with Crippen molar-refractivity contribution in [2.75, 3.05) is 50.0 Å². The molecule has 1 aliphatic rings. The molecule has 0 atom stereocenters. The van der Waals surface area contributed by atoms with Crippen LogP contribution in [-0.2, 0) is 4.74 Å². The summed E-state index contributed by atoms with van der Waals surface area (Å²) in [6.07, 6.45) is 3.09. The Morgan fingerprint density at radius 3 is 2.50 bits per heavy atom. The molecule has 1 fully saturated rings. The van der Waals surface area contributed by atoms with Gasteiger partial charge < -0.3 is 15.4 Å². The van der Waals surface area contributed by atoms with Crippen LogP contribution in [0.3, 0.4) is 0 Å². The van der Waals surface area contributed by atoms with Crippen molar-refractivity contribution in [3.05, 3.63) is 47.4 Å². The van der Waals surface area contributed by atoms with Gasteiger partial charge >= 0.3 is 0 Å². The van der Waals surface area contributed by atoms with Crippen LogP contribution >= 0.6 is 0 Å². The van der Waals surface area contributed by atoms with E-state index in [0.717, 1.165) is 56.2 Å². The highest BCUT2D eigenvalue weighted by molar-refractivity contribution is 6.02. The van der Waals surface area contributed by atoms with Gasteiger partial charge in [0.15, 0.2) is 0 Å². The van der Waals surface area contributed by atoms with E-state index in [2.05, 4.69) is 31.6 Å². The summed E-state index contributed by atoms with van der Waals surface area (Å²) in [6, 6.07) is 5.92. The van der Waals surface area contributed by atoms with Crippen molar-refractivity contribution in [1.82, 2.24) is 14.9 Å². The Balaban J connectivity index is 1.50. The number of aromatic nitrogens is 2. The van der Waals surface area contributed by atoms with E-state index >= 15 is 0 Å². The van der Waals surface area contributed by atoms with Crippen LogP contribution in [0.25, 0.3) is 0 Å². The number of nitrogens with zero attached hydrogens (tertiary/aromatic N) is 3. The van der Waals surface area contributed by atoms with Crippen LogP contribution in [-0.4, -0.2) is 60.2 Å². The average molecular weight is 355 g/mol. The van der Waals surface area contributed by atoms with Crippen molar-refractivity contribution >= 4 is 17.4 Å². The molecule has 0 spiro atoms. The lowest BCUT2D eigenvalue weighted by Gasteiger charge is -2.26. The van der Waals surface area contributed by atoms with E-state index in [1.807, 2.05) is 26.0 Å². The van der Waals surface area contributed by atoms with Gasteiger partial charge in [-0.1, -0.05) is 6.07 Å². The molecule has 1 aromatic heterocycles. The molecular weight excluding hydrogens is 330 g/mol. The number of morpholine rings is 1. The summed E-state index contributed by atoms with van der Waals surface area (Å²) in [4.78, 5) is 23.2. The van der Waals surface area contributed by atoms with Crippen LogP contribution in [0, 0.1) is 13.8 Å². The van der Waals surface area contributed by atoms with E-state index in [0.29, 0.717) is 11.5 Å². The number of anilines is 2. The number of amides is 1. The second-order valence-electron chi connectivity index (χ2n) is 6.50. The zero-order chi connectivity index (χ0) is 18.4. The Morgan fingerprint density at radius 2 is 1.85 bits per heavy atom. The van der Waals surface area contributed by atoms with Gasteiger partial charge in [-0.15, -0.1) is 0 Å². The maximum absolute atomic E-state index is 12.3. The number of carbonyl (C=O) groups excluding carboxylic acids is 1. The van der Waals surface area contributed by atoms with E-state index in [1.54, 1.807) is 6.20 Å². The molecular formula is C19H25N5O2. The molecule has 0 bridgehead atoms. The van der Waals surface area contributed by atoms with Crippen LogP contribution in [0.5, 0.6) is 0 Å². The third-order valence-electron chi connectivity index (χ3n) is 4.20. The number of hydrogen-bond acceptors (Lipinski definition) is 6. The van der Waals surface area contributed by atoms with Crippen LogP contribution in [0.1, 0.15) is 21.6 Å². The van der Waals surface area contributed by atoms with Gasteiger partial charge in [-0.2, -0.15) is 0 Å². The van der Waals surface area contributed by atoms with Gasteiger partial charge in [-0.3, -0.25) is 9.69 Å². The predicted octanol–water partition coefficient (Wildman–Crippen LogP) is 2.09. The summed E-state index contributed by atoms with van der Waals surface area (Å²) in [5.74, 6) is 0.406. The average Bonchev–Trinajstić information content (AvgIpc) is 2.62. The fourth-order valence-corrected chi connectivity index (χ4v) is 2.95. The molecule has 0 saturated carbocycles. The number of benzene rings is 1. The molecule has 0 unspecified atom stereocenters. The van der Waals surface area contributed by atoms with Crippen molar-refractivity contribution in [3.63, 3.8) is 0 Å². The minimum absolute atomic E-state index is 0.262. The van der Waals surface area contributed by atoms with Gasteiger partial charge in [0.2, 0.25) is 0 Å². The molecule has 3 rings (SSSR count). The highest BCUT2D eigenvalue weighted by Crippen LogP contribution is 2.14. The van der Waals surface area contributed by atoms with Crippen molar-refractivity contribution in [2.45, 2.75) is 13.8 Å². The minimum Gasteiger partial charge on any atom is -0.379 e. The van der Waals surface area contributed by atoms with Crippen LogP contribution in [0.15, 0.2) is 30.6 Å². The summed E-state index contributed by atoms with van der Waals surface area (Å²) in [5, 5.41) is 6.10.